The highest BCUT2D eigenvalue weighted by Crippen LogP contribution is 2.15. The van der Waals surface area contributed by atoms with E-state index in [1.54, 1.807) is 32.0 Å². The van der Waals surface area contributed by atoms with Gasteiger partial charge in [0.1, 0.15) is 11.5 Å². The number of fused-ring (bicyclic) bond motifs is 1. The summed E-state index contributed by atoms with van der Waals surface area (Å²) in [6.07, 6.45) is 0.847. The molecule has 0 fully saturated rings. The van der Waals surface area contributed by atoms with E-state index >= 15 is 0 Å². The molecule has 0 saturated heterocycles. The molecule has 1 N–H and O–H groups in total. The van der Waals surface area contributed by atoms with Crippen molar-refractivity contribution in [2.24, 2.45) is 0 Å². The number of carbonyl (C=O) groups excluding carboxylic acids is 2. The van der Waals surface area contributed by atoms with Crippen LogP contribution in [0.3, 0.4) is 0 Å². The maximum absolute atomic E-state index is 12.3. The first-order chi connectivity index (χ1) is 12.8. The first kappa shape index (κ1) is 18.8. The lowest BCUT2D eigenvalue weighted by Gasteiger charge is -2.23. The van der Waals surface area contributed by atoms with Crippen LogP contribution < -0.4 is 5.32 Å². The van der Waals surface area contributed by atoms with E-state index in [4.69, 9.17) is 0 Å². The van der Waals surface area contributed by atoms with E-state index in [1.165, 1.54) is 0 Å². The minimum Gasteiger partial charge on any atom is -0.345 e. The van der Waals surface area contributed by atoms with Crippen molar-refractivity contribution in [2.75, 3.05) is 20.6 Å². The first-order valence-corrected chi connectivity index (χ1v) is 8.96. The van der Waals surface area contributed by atoms with E-state index in [0.717, 1.165) is 30.0 Å². The van der Waals surface area contributed by atoms with E-state index in [1.807, 2.05) is 22.6 Å². The van der Waals surface area contributed by atoms with Crippen LogP contribution in [0, 0.1) is 13.8 Å². The Morgan fingerprint density at radius 3 is 2.67 bits per heavy atom. The topological polar surface area (TPSA) is 96.2 Å². The Morgan fingerprint density at radius 2 is 1.96 bits per heavy atom. The van der Waals surface area contributed by atoms with Gasteiger partial charge in [0.25, 0.3) is 5.91 Å². The van der Waals surface area contributed by atoms with Crippen LogP contribution >= 0.6 is 0 Å². The quantitative estimate of drug-likeness (QED) is 0.872. The molecule has 2 aromatic heterocycles. The zero-order valence-corrected chi connectivity index (χ0v) is 16.2. The van der Waals surface area contributed by atoms with Crippen LogP contribution in [-0.4, -0.2) is 62.1 Å². The first-order valence-electron chi connectivity index (χ1n) is 8.96. The molecule has 3 rings (SSSR count). The molecular weight excluding hydrogens is 346 g/mol. The van der Waals surface area contributed by atoms with Crippen molar-refractivity contribution in [3.8, 4) is 0 Å². The van der Waals surface area contributed by atoms with E-state index < -0.39 is 0 Å². The predicted molar refractivity (Wildman–Crippen MR) is 99.0 cm³/mol. The molecule has 1 aliphatic heterocycles. The number of aryl methyl sites for hydroxylation is 3. The van der Waals surface area contributed by atoms with E-state index in [9.17, 15) is 9.59 Å². The van der Waals surface area contributed by atoms with Gasteiger partial charge < -0.3 is 15.1 Å². The molecule has 27 heavy (non-hydrogen) atoms. The van der Waals surface area contributed by atoms with Crippen LogP contribution in [0.25, 0.3) is 0 Å². The summed E-state index contributed by atoms with van der Waals surface area (Å²) in [6.45, 7) is 5.88. The molecule has 3 amide bonds. The summed E-state index contributed by atoms with van der Waals surface area (Å²) in [5, 5.41) is 7.42. The van der Waals surface area contributed by atoms with Crippen molar-refractivity contribution < 1.29 is 9.59 Å². The fraction of sp³-hybridized carbons (Fsp3) is 0.500. The van der Waals surface area contributed by atoms with Crippen LogP contribution in [0.15, 0.2) is 12.1 Å². The molecule has 0 spiro atoms. The lowest BCUT2D eigenvalue weighted by atomic mass is 10.3. The third kappa shape index (κ3) is 4.42. The highest BCUT2D eigenvalue weighted by Gasteiger charge is 2.22. The minimum absolute atomic E-state index is 0.00555. The Kier molecular flexibility index (Phi) is 5.38. The Hall–Kier alpha value is -2.97. The largest absolute Gasteiger partial charge is 0.345 e. The number of rotatable bonds is 3. The predicted octanol–water partition coefficient (Wildman–Crippen LogP) is 1.11. The van der Waals surface area contributed by atoms with Crippen molar-refractivity contribution >= 4 is 11.9 Å². The molecule has 144 valence electrons. The summed E-state index contributed by atoms with van der Waals surface area (Å²) in [4.78, 5) is 36.3. The van der Waals surface area contributed by atoms with Crippen molar-refractivity contribution in [1.29, 1.82) is 0 Å². The Bertz CT molecular complexity index is 839. The number of nitrogens with zero attached hydrogens (tertiary/aromatic N) is 6. The molecule has 0 aliphatic carbocycles. The summed E-state index contributed by atoms with van der Waals surface area (Å²) in [5.74, 6) is 0.315. The van der Waals surface area contributed by atoms with E-state index in [-0.39, 0.29) is 11.9 Å². The fourth-order valence-electron chi connectivity index (χ4n) is 3.15. The normalized spacial score (nSPS) is 13.7. The van der Waals surface area contributed by atoms with Crippen LogP contribution in [0.1, 0.15) is 39.8 Å². The van der Waals surface area contributed by atoms with Crippen LogP contribution in [-0.2, 0) is 19.6 Å². The second kappa shape index (κ2) is 7.73. The average Bonchev–Trinajstić information content (AvgIpc) is 2.88. The van der Waals surface area contributed by atoms with Crippen LogP contribution in [0.2, 0.25) is 0 Å². The van der Waals surface area contributed by atoms with E-state index in [2.05, 4.69) is 20.4 Å². The minimum atomic E-state index is -0.254. The maximum atomic E-state index is 12.3. The highest BCUT2D eigenvalue weighted by atomic mass is 16.2. The van der Waals surface area contributed by atoms with Crippen LogP contribution in [0.4, 0.5) is 4.79 Å². The van der Waals surface area contributed by atoms with Gasteiger partial charge in [0.2, 0.25) is 0 Å². The van der Waals surface area contributed by atoms with Gasteiger partial charge in [0, 0.05) is 32.9 Å². The molecule has 2 aromatic rings. The average molecular weight is 371 g/mol. The molecular formula is C18H25N7O2. The fourth-order valence-corrected chi connectivity index (χ4v) is 3.15. The molecule has 3 heterocycles. The van der Waals surface area contributed by atoms with Gasteiger partial charge in [-0.2, -0.15) is 5.10 Å². The zero-order valence-electron chi connectivity index (χ0n) is 16.2. The third-order valence-electron chi connectivity index (χ3n) is 4.35. The SMILES string of the molecule is Cc1cc(C(=O)NCc2cc3n(n2)CCCN(C(=O)N(C)C)C3)nc(C)n1. The summed E-state index contributed by atoms with van der Waals surface area (Å²) < 4.78 is 1.92. The van der Waals surface area contributed by atoms with Gasteiger partial charge in [-0.3, -0.25) is 9.48 Å². The summed E-state index contributed by atoms with van der Waals surface area (Å²) >= 11 is 0. The molecule has 0 saturated carbocycles. The number of nitrogens with one attached hydrogen (secondary N) is 1. The van der Waals surface area contributed by atoms with Gasteiger partial charge in [-0.25, -0.2) is 14.8 Å². The summed E-state index contributed by atoms with van der Waals surface area (Å²) in [6, 6.07) is 3.60. The van der Waals surface area contributed by atoms with Crippen molar-refractivity contribution in [1.82, 2.24) is 34.9 Å². The number of hydrogen-bond acceptors (Lipinski definition) is 5. The lowest BCUT2D eigenvalue weighted by Crippen LogP contribution is -2.38. The van der Waals surface area contributed by atoms with Crippen molar-refractivity contribution in [3.63, 3.8) is 0 Å². The monoisotopic (exact) mass is 371 g/mol. The molecule has 0 unspecified atom stereocenters. The third-order valence-corrected chi connectivity index (χ3v) is 4.35. The second-order valence-corrected chi connectivity index (χ2v) is 6.93. The molecule has 9 nitrogen and oxygen atoms in total. The summed E-state index contributed by atoms with van der Waals surface area (Å²) in [5.41, 5.74) is 2.84. The highest BCUT2D eigenvalue weighted by molar-refractivity contribution is 5.92. The molecule has 0 atom stereocenters. The van der Waals surface area contributed by atoms with Gasteiger partial charge in [0.15, 0.2) is 0 Å². The molecule has 0 radical (unpaired) electrons. The molecule has 1 aliphatic rings. The smallest absolute Gasteiger partial charge is 0.319 e. The van der Waals surface area contributed by atoms with E-state index in [0.29, 0.717) is 31.2 Å². The van der Waals surface area contributed by atoms with Crippen molar-refractivity contribution in [3.05, 3.63) is 40.7 Å². The Morgan fingerprint density at radius 1 is 1.19 bits per heavy atom. The zero-order chi connectivity index (χ0) is 19.6. The Labute approximate surface area is 158 Å². The maximum Gasteiger partial charge on any atom is 0.319 e. The van der Waals surface area contributed by atoms with Gasteiger partial charge in [-0.15, -0.1) is 0 Å². The van der Waals surface area contributed by atoms with Gasteiger partial charge in [0.05, 0.1) is 24.5 Å². The number of amides is 3. The summed E-state index contributed by atoms with van der Waals surface area (Å²) in [7, 11) is 3.50. The number of aromatic nitrogens is 4. The van der Waals surface area contributed by atoms with Gasteiger partial charge in [-0.05, 0) is 32.4 Å². The number of carbonyl (C=O) groups is 2. The van der Waals surface area contributed by atoms with Crippen LogP contribution in [0.5, 0.6) is 0 Å². The molecule has 0 bridgehead atoms. The number of urea groups is 1. The van der Waals surface area contributed by atoms with Gasteiger partial charge in [-0.1, -0.05) is 0 Å². The second-order valence-electron chi connectivity index (χ2n) is 6.93. The molecule has 9 heteroatoms. The molecule has 0 aromatic carbocycles. The Balaban J connectivity index is 1.67. The lowest BCUT2D eigenvalue weighted by molar-refractivity contribution is 0.0944. The van der Waals surface area contributed by atoms with Crippen molar-refractivity contribution in [2.45, 2.75) is 39.9 Å². The van der Waals surface area contributed by atoms with Gasteiger partial charge >= 0.3 is 6.03 Å². The standard InChI is InChI=1S/C18H25N7O2/c1-12-8-16(21-13(2)20-12)17(26)19-10-14-9-15-11-24(18(27)23(3)4)6-5-7-25(15)22-14/h8-9H,5-7,10-11H2,1-4H3,(H,19,26). The number of hydrogen-bond donors (Lipinski definition) is 1.